The van der Waals surface area contributed by atoms with E-state index in [0.29, 0.717) is 0 Å². The van der Waals surface area contributed by atoms with Crippen molar-refractivity contribution in [2.45, 2.75) is 6.04 Å². The van der Waals surface area contributed by atoms with E-state index in [1.165, 1.54) is 0 Å². The number of piperazine rings is 1. The van der Waals surface area contributed by atoms with Gasteiger partial charge in [-0.3, -0.25) is 4.90 Å². The number of likely N-dealkylation sites (N-methyl/N-ethyl adjacent to an activating group) is 2. The number of nitrogens with zero attached hydrogens (tertiary/aromatic N) is 4. The van der Waals surface area contributed by atoms with Gasteiger partial charge in [-0.1, -0.05) is 11.6 Å². The number of aryl methyl sites for hydroxylation is 1. The molecule has 2 heterocycles. The van der Waals surface area contributed by atoms with Crippen LogP contribution in [0.25, 0.3) is 0 Å². The normalized spacial score (nSPS) is 20.2. The van der Waals surface area contributed by atoms with E-state index >= 15 is 0 Å². The molecule has 1 aliphatic rings. The molecule has 0 bridgehead atoms. The van der Waals surface area contributed by atoms with Crippen molar-refractivity contribution in [3.05, 3.63) is 17.2 Å². The number of rotatable bonds is 4. The number of halogens is 1. The second-order valence-electron chi connectivity index (χ2n) is 4.94. The smallest absolute Gasteiger partial charge is 0.133 e. The molecule has 1 aromatic rings. The van der Waals surface area contributed by atoms with E-state index in [4.69, 9.17) is 11.6 Å². The maximum absolute atomic E-state index is 6.32. The molecule has 0 aliphatic carbocycles. The van der Waals surface area contributed by atoms with E-state index in [0.717, 1.165) is 43.6 Å². The van der Waals surface area contributed by atoms with Gasteiger partial charge in [0.1, 0.15) is 5.15 Å². The van der Waals surface area contributed by atoms with Crippen molar-refractivity contribution in [1.82, 2.24) is 24.7 Å². The zero-order chi connectivity index (χ0) is 13.1. The molecule has 0 radical (unpaired) electrons. The first-order chi connectivity index (χ1) is 8.63. The summed E-state index contributed by atoms with van der Waals surface area (Å²) in [6.07, 6.45) is 1.79. The molecule has 1 saturated heterocycles. The number of imidazole rings is 1. The van der Waals surface area contributed by atoms with Gasteiger partial charge in [0, 0.05) is 39.8 Å². The fourth-order valence-electron chi connectivity index (χ4n) is 2.38. The quantitative estimate of drug-likeness (QED) is 0.869. The van der Waals surface area contributed by atoms with Gasteiger partial charge in [0.15, 0.2) is 0 Å². The van der Waals surface area contributed by atoms with Crippen LogP contribution in [0.2, 0.25) is 5.15 Å². The predicted octanol–water partition coefficient (Wildman–Crippen LogP) is 0.581. The summed E-state index contributed by atoms with van der Waals surface area (Å²) in [5.41, 5.74) is 0.984. The minimum atomic E-state index is 0.261. The molecular weight excluding hydrogens is 250 g/mol. The van der Waals surface area contributed by atoms with Crippen LogP contribution >= 0.6 is 11.6 Å². The highest BCUT2D eigenvalue weighted by Crippen LogP contribution is 2.26. The van der Waals surface area contributed by atoms with Crippen LogP contribution in [0.3, 0.4) is 0 Å². The molecule has 1 atom stereocenters. The SMILES string of the molecule is CNCC(c1ncn(C)c1Cl)N1CCN(C)CC1. The zero-order valence-corrected chi connectivity index (χ0v) is 12.1. The number of hydrogen-bond donors (Lipinski definition) is 1. The lowest BCUT2D eigenvalue weighted by Crippen LogP contribution is -2.48. The fourth-order valence-corrected chi connectivity index (χ4v) is 2.60. The summed E-state index contributed by atoms with van der Waals surface area (Å²) in [5.74, 6) is 0. The molecule has 1 unspecified atom stereocenters. The largest absolute Gasteiger partial charge is 0.325 e. The molecule has 0 aromatic carbocycles. The van der Waals surface area contributed by atoms with Crippen molar-refractivity contribution in [2.75, 3.05) is 46.8 Å². The van der Waals surface area contributed by atoms with Gasteiger partial charge in [0.2, 0.25) is 0 Å². The third-order valence-electron chi connectivity index (χ3n) is 3.58. The third-order valence-corrected chi connectivity index (χ3v) is 4.04. The number of nitrogens with one attached hydrogen (secondary N) is 1. The molecule has 18 heavy (non-hydrogen) atoms. The average Bonchev–Trinajstić information content (AvgIpc) is 2.69. The van der Waals surface area contributed by atoms with Gasteiger partial charge in [-0.15, -0.1) is 0 Å². The van der Waals surface area contributed by atoms with Gasteiger partial charge in [0.25, 0.3) is 0 Å². The molecule has 1 fully saturated rings. The van der Waals surface area contributed by atoms with Gasteiger partial charge in [0.05, 0.1) is 18.1 Å². The van der Waals surface area contributed by atoms with Crippen LogP contribution in [0.1, 0.15) is 11.7 Å². The summed E-state index contributed by atoms with van der Waals surface area (Å²) in [7, 11) is 6.07. The molecule has 1 N–H and O–H groups in total. The first-order valence-electron chi connectivity index (χ1n) is 6.37. The van der Waals surface area contributed by atoms with Crippen LogP contribution in [0, 0.1) is 0 Å². The van der Waals surface area contributed by atoms with Gasteiger partial charge < -0.3 is 14.8 Å². The monoisotopic (exact) mass is 271 g/mol. The maximum atomic E-state index is 6.32. The Hall–Kier alpha value is -0.620. The molecule has 6 heteroatoms. The van der Waals surface area contributed by atoms with E-state index in [9.17, 15) is 0 Å². The van der Waals surface area contributed by atoms with Crippen LogP contribution in [-0.2, 0) is 7.05 Å². The minimum absolute atomic E-state index is 0.261. The Bertz CT molecular complexity index is 384. The topological polar surface area (TPSA) is 36.3 Å². The predicted molar refractivity (Wildman–Crippen MR) is 74.0 cm³/mol. The van der Waals surface area contributed by atoms with Crippen molar-refractivity contribution in [1.29, 1.82) is 0 Å². The maximum Gasteiger partial charge on any atom is 0.133 e. The van der Waals surface area contributed by atoms with Crippen molar-refractivity contribution in [2.24, 2.45) is 7.05 Å². The Morgan fingerprint density at radius 1 is 1.33 bits per heavy atom. The molecule has 0 amide bonds. The lowest BCUT2D eigenvalue weighted by Gasteiger charge is -2.37. The summed E-state index contributed by atoms with van der Waals surface area (Å²) < 4.78 is 1.87. The Balaban J connectivity index is 2.15. The van der Waals surface area contributed by atoms with E-state index in [2.05, 4.69) is 27.1 Å². The van der Waals surface area contributed by atoms with Crippen molar-refractivity contribution in [3.63, 3.8) is 0 Å². The van der Waals surface area contributed by atoms with Crippen LogP contribution < -0.4 is 5.32 Å². The highest BCUT2D eigenvalue weighted by molar-refractivity contribution is 6.30. The van der Waals surface area contributed by atoms with Crippen LogP contribution in [0.5, 0.6) is 0 Å². The van der Waals surface area contributed by atoms with E-state index < -0.39 is 0 Å². The molecule has 1 aromatic heterocycles. The molecule has 0 saturated carbocycles. The van der Waals surface area contributed by atoms with Crippen LogP contribution in [0.15, 0.2) is 6.33 Å². The summed E-state index contributed by atoms with van der Waals surface area (Å²) in [6.45, 7) is 5.21. The molecule has 102 valence electrons. The van der Waals surface area contributed by atoms with Gasteiger partial charge in [-0.25, -0.2) is 4.98 Å². The Morgan fingerprint density at radius 2 is 2.00 bits per heavy atom. The van der Waals surface area contributed by atoms with Crippen LogP contribution in [0.4, 0.5) is 0 Å². The Kier molecular flexibility index (Phi) is 4.61. The van der Waals surface area contributed by atoms with E-state index in [1.54, 1.807) is 6.33 Å². The fraction of sp³-hybridized carbons (Fsp3) is 0.750. The first-order valence-corrected chi connectivity index (χ1v) is 6.75. The van der Waals surface area contributed by atoms with Gasteiger partial charge in [-0.2, -0.15) is 0 Å². The van der Waals surface area contributed by atoms with Crippen molar-refractivity contribution >= 4 is 11.6 Å². The Morgan fingerprint density at radius 3 is 2.50 bits per heavy atom. The summed E-state index contributed by atoms with van der Waals surface area (Å²) in [5, 5.41) is 3.99. The highest BCUT2D eigenvalue weighted by Gasteiger charge is 2.27. The van der Waals surface area contributed by atoms with Crippen molar-refractivity contribution in [3.8, 4) is 0 Å². The van der Waals surface area contributed by atoms with Crippen molar-refractivity contribution < 1.29 is 0 Å². The summed E-state index contributed by atoms with van der Waals surface area (Å²) in [4.78, 5) is 9.28. The van der Waals surface area contributed by atoms with E-state index in [1.807, 2.05) is 18.7 Å². The molecule has 5 nitrogen and oxygen atoms in total. The van der Waals surface area contributed by atoms with E-state index in [-0.39, 0.29) is 6.04 Å². The minimum Gasteiger partial charge on any atom is -0.325 e. The molecule has 1 aliphatic heterocycles. The molecular formula is C12H22ClN5. The second kappa shape index (κ2) is 6.02. The van der Waals surface area contributed by atoms with Crippen LogP contribution in [-0.4, -0.2) is 66.2 Å². The third kappa shape index (κ3) is 2.85. The lowest BCUT2D eigenvalue weighted by molar-refractivity contribution is 0.109. The zero-order valence-electron chi connectivity index (χ0n) is 11.4. The Labute approximate surface area is 114 Å². The second-order valence-corrected chi connectivity index (χ2v) is 5.30. The standard InChI is InChI=1S/C12H22ClN5/c1-14-8-10(11-12(13)17(3)9-15-11)18-6-4-16(2)5-7-18/h9-10,14H,4-8H2,1-3H3. The lowest BCUT2D eigenvalue weighted by atomic mass is 10.1. The molecule has 2 rings (SSSR count). The number of aromatic nitrogens is 2. The summed E-state index contributed by atoms with van der Waals surface area (Å²) >= 11 is 6.32. The first kappa shape index (κ1) is 13.8. The van der Waals surface area contributed by atoms with Gasteiger partial charge >= 0.3 is 0 Å². The highest BCUT2D eigenvalue weighted by atomic mass is 35.5. The average molecular weight is 272 g/mol. The molecule has 0 spiro atoms. The van der Waals surface area contributed by atoms with Gasteiger partial charge in [-0.05, 0) is 14.1 Å². The number of hydrogen-bond acceptors (Lipinski definition) is 4. The summed E-state index contributed by atoms with van der Waals surface area (Å²) in [6, 6.07) is 0.261.